The van der Waals surface area contributed by atoms with E-state index in [1.807, 2.05) is 29.2 Å². The van der Waals surface area contributed by atoms with Gasteiger partial charge in [0.2, 0.25) is 0 Å². The first-order chi connectivity index (χ1) is 12.6. The zero-order valence-corrected chi connectivity index (χ0v) is 16.3. The Morgan fingerprint density at radius 3 is 2.92 bits per heavy atom. The highest BCUT2D eigenvalue weighted by atomic mass is 35.5. The van der Waals surface area contributed by atoms with Crippen molar-refractivity contribution >= 4 is 51.0 Å². The molecule has 2 heterocycles. The van der Waals surface area contributed by atoms with Crippen molar-refractivity contribution in [1.29, 1.82) is 0 Å². The SMILES string of the molecule is CC[C@H]1CCCCN1C(=O)COC(=O)/C=C/c1sc2ccccc2c1Cl. The molecule has 1 aromatic heterocycles. The van der Waals surface area contributed by atoms with Crippen molar-refractivity contribution in [2.24, 2.45) is 0 Å². The summed E-state index contributed by atoms with van der Waals surface area (Å²) in [6.07, 6.45) is 7.11. The first-order valence-corrected chi connectivity index (χ1v) is 10.1. The normalized spacial score (nSPS) is 17.8. The second-order valence-corrected chi connectivity index (χ2v) is 7.82. The van der Waals surface area contributed by atoms with Crippen molar-refractivity contribution in [3.63, 3.8) is 0 Å². The summed E-state index contributed by atoms with van der Waals surface area (Å²) in [4.78, 5) is 26.9. The van der Waals surface area contributed by atoms with E-state index in [9.17, 15) is 9.59 Å². The summed E-state index contributed by atoms with van der Waals surface area (Å²) in [6.45, 7) is 2.63. The third-order valence-electron chi connectivity index (χ3n) is 4.69. The van der Waals surface area contributed by atoms with Crippen LogP contribution in [0.3, 0.4) is 0 Å². The number of fused-ring (bicyclic) bond motifs is 1. The van der Waals surface area contributed by atoms with Crippen LogP contribution in [0, 0.1) is 0 Å². The summed E-state index contributed by atoms with van der Waals surface area (Å²) < 4.78 is 6.20. The Labute approximate surface area is 162 Å². The van der Waals surface area contributed by atoms with Crippen LogP contribution in [-0.2, 0) is 14.3 Å². The molecule has 1 aromatic carbocycles. The lowest BCUT2D eigenvalue weighted by atomic mass is 10.00. The molecule has 0 bridgehead atoms. The van der Waals surface area contributed by atoms with E-state index in [2.05, 4.69) is 6.92 Å². The maximum absolute atomic E-state index is 12.3. The van der Waals surface area contributed by atoms with Crippen LogP contribution in [0.1, 0.15) is 37.5 Å². The molecule has 0 spiro atoms. The second kappa shape index (κ2) is 8.69. The van der Waals surface area contributed by atoms with Gasteiger partial charge in [0.25, 0.3) is 5.91 Å². The van der Waals surface area contributed by atoms with Crippen LogP contribution in [0.2, 0.25) is 5.02 Å². The van der Waals surface area contributed by atoms with E-state index >= 15 is 0 Å². The number of halogens is 1. The lowest BCUT2D eigenvalue weighted by Gasteiger charge is -2.35. The molecule has 6 heteroatoms. The number of hydrogen-bond donors (Lipinski definition) is 0. The first-order valence-electron chi connectivity index (χ1n) is 8.91. The smallest absolute Gasteiger partial charge is 0.331 e. The highest BCUT2D eigenvalue weighted by Crippen LogP contribution is 2.35. The number of piperidine rings is 1. The Kier molecular flexibility index (Phi) is 6.33. The average molecular weight is 392 g/mol. The minimum atomic E-state index is -0.531. The molecule has 0 radical (unpaired) electrons. The second-order valence-electron chi connectivity index (χ2n) is 6.36. The van der Waals surface area contributed by atoms with Crippen molar-refractivity contribution < 1.29 is 14.3 Å². The fraction of sp³-hybridized carbons (Fsp3) is 0.400. The Balaban J connectivity index is 1.57. The Morgan fingerprint density at radius 1 is 1.35 bits per heavy atom. The molecule has 0 N–H and O–H groups in total. The van der Waals surface area contributed by atoms with Crippen molar-refractivity contribution in [2.45, 2.75) is 38.6 Å². The maximum Gasteiger partial charge on any atom is 0.331 e. The number of thiophene rings is 1. The number of amides is 1. The lowest BCUT2D eigenvalue weighted by molar-refractivity contribution is -0.150. The van der Waals surface area contributed by atoms with Gasteiger partial charge in [-0.2, -0.15) is 0 Å². The number of benzene rings is 1. The van der Waals surface area contributed by atoms with Crippen LogP contribution >= 0.6 is 22.9 Å². The quantitative estimate of drug-likeness (QED) is 0.537. The molecule has 1 atom stereocenters. The fourth-order valence-corrected chi connectivity index (χ4v) is 4.70. The van der Waals surface area contributed by atoms with Crippen LogP contribution in [-0.4, -0.2) is 36.0 Å². The van der Waals surface area contributed by atoms with Gasteiger partial charge in [0.05, 0.1) is 5.02 Å². The zero-order valence-electron chi connectivity index (χ0n) is 14.7. The van der Waals surface area contributed by atoms with Crippen LogP contribution in [0.15, 0.2) is 30.3 Å². The van der Waals surface area contributed by atoms with Crippen LogP contribution in [0.5, 0.6) is 0 Å². The summed E-state index contributed by atoms with van der Waals surface area (Å²) in [7, 11) is 0. The Morgan fingerprint density at radius 2 is 2.15 bits per heavy atom. The molecular weight excluding hydrogens is 370 g/mol. The van der Waals surface area contributed by atoms with Gasteiger partial charge in [-0.1, -0.05) is 36.7 Å². The molecule has 0 saturated carbocycles. The van der Waals surface area contributed by atoms with Crippen LogP contribution < -0.4 is 0 Å². The molecule has 3 rings (SSSR count). The summed E-state index contributed by atoms with van der Waals surface area (Å²) >= 11 is 7.86. The van der Waals surface area contributed by atoms with E-state index in [1.54, 1.807) is 6.08 Å². The van der Waals surface area contributed by atoms with Gasteiger partial charge in [-0.15, -0.1) is 11.3 Å². The van der Waals surface area contributed by atoms with Gasteiger partial charge in [-0.25, -0.2) is 4.79 Å². The Hall–Kier alpha value is -1.85. The molecule has 1 aliphatic rings. The van der Waals surface area contributed by atoms with Crippen molar-refractivity contribution in [1.82, 2.24) is 4.90 Å². The lowest BCUT2D eigenvalue weighted by Crippen LogP contribution is -2.45. The van der Waals surface area contributed by atoms with Gasteiger partial charge in [0, 0.05) is 33.6 Å². The summed E-state index contributed by atoms with van der Waals surface area (Å²) in [5.74, 6) is -0.643. The monoisotopic (exact) mass is 391 g/mol. The number of nitrogens with zero attached hydrogens (tertiary/aromatic N) is 1. The van der Waals surface area contributed by atoms with Gasteiger partial charge in [0.15, 0.2) is 6.61 Å². The molecule has 1 saturated heterocycles. The number of carbonyl (C=O) groups is 2. The molecule has 0 aliphatic carbocycles. The van der Waals surface area contributed by atoms with E-state index in [0.717, 1.165) is 47.2 Å². The number of likely N-dealkylation sites (tertiary alicyclic amines) is 1. The highest BCUT2D eigenvalue weighted by molar-refractivity contribution is 7.20. The topological polar surface area (TPSA) is 46.6 Å². The van der Waals surface area contributed by atoms with Gasteiger partial charge >= 0.3 is 5.97 Å². The standard InChI is InChI=1S/C20H22ClNO3S/c1-2-14-7-5-6-12-22(14)18(23)13-25-19(24)11-10-17-20(21)15-8-3-4-9-16(15)26-17/h3-4,8-11,14H,2,5-7,12-13H2,1H3/b11-10+/t14-/m0/s1. The molecule has 4 nitrogen and oxygen atoms in total. The molecule has 26 heavy (non-hydrogen) atoms. The molecule has 2 aromatic rings. The molecule has 138 valence electrons. The van der Waals surface area contributed by atoms with E-state index in [0.29, 0.717) is 5.02 Å². The average Bonchev–Trinajstić information content (AvgIpc) is 3.00. The summed E-state index contributed by atoms with van der Waals surface area (Å²) in [6, 6.07) is 8.09. The third-order valence-corrected chi connectivity index (χ3v) is 6.34. The Bertz CT molecular complexity index is 830. The molecule has 0 unspecified atom stereocenters. The van der Waals surface area contributed by atoms with Crippen LogP contribution in [0.4, 0.5) is 0 Å². The molecule has 1 amide bonds. The third kappa shape index (κ3) is 4.27. The molecule has 1 aliphatic heterocycles. The summed E-state index contributed by atoms with van der Waals surface area (Å²) in [5.41, 5.74) is 0. The van der Waals surface area contributed by atoms with Crippen molar-refractivity contribution in [3.8, 4) is 0 Å². The highest BCUT2D eigenvalue weighted by Gasteiger charge is 2.25. The predicted octanol–water partition coefficient (Wildman–Crippen LogP) is 4.90. The van der Waals surface area contributed by atoms with E-state index in [-0.39, 0.29) is 18.6 Å². The number of rotatable bonds is 5. The van der Waals surface area contributed by atoms with E-state index in [4.69, 9.17) is 16.3 Å². The maximum atomic E-state index is 12.3. The van der Waals surface area contributed by atoms with Crippen molar-refractivity contribution in [3.05, 3.63) is 40.2 Å². The largest absolute Gasteiger partial charge is 0.452 e. The number of esters is 1. The minimum absolute atomic E-state index is 0.113. The van der Waals surface area contributed by atoms with Gasteiger partial charge in [-0.05, 0) is 37.8 Å². The van der Waals surface area contributed by atoms with Gasteiger partial charge < -0.3 is 9.64 Å². The zero-order chi connectivity index (χ0) is 18.5. The predicted molar refractivity (Wildman–Crippen MR) is 106 cm³/mol. The van der Waals surface area contributed by atoms with Gasteiger partial charge in [0.1, 0.15) is 0 Å². The number of hydrogen-bond acceptors (Lipinski definition) is 4. The number of ether oxygens (including phenoxy) is 1. The molecular formula is C20H22ClNO3S. The van der Waals surface area contributed by atoms with E-state index in [1.165, 1.54) is 17.4 Å². The first kappa shape index (κ1) is 18.9. The fourth-order valence-electron chi connectivity index (χ4n) is 3.30. The van der Waals surface area contributed by atoms with Crippen molar-refractivity contribution in [2.75, 3.05) is 13.2 Å². The minimum Gasteiger partial charge on any atom is -0.452 e. The van der Waals surface area contributed by atoms with Gasteiger partial charge in [-0.3, -0.25) is 4.79 Å². The number of carbonyl (C=O) groups excluding carboxylic acids is 2. The van der Waals surface area contributed by atoms with Crippen LogP contribution in [0.25, 0.3) is 16.2 Å². The van der Waals surface area contributed by atoms with E-state index < -0.39 is 5.97 Å². The summed E-state index contributed by atoms with van der Waals surface area (Å²) in [5, 5.41) is 1.60. The molecule has 1 fully saturated rings.